The minimum Gasteiger partial charge on any atom is -0.382 e. The van der Waals surface area contributed by atoms with Crippen molar-refractivity contribution in [1.29, 1.82) is 5.26 Å². The maximum atomic E-state index is 12.4. The fraction of sp³-hybridized carbons (Fsp3) is 0.370. The second-order valence-electron chi connectivity index (χ2n) is 9.05. The van der Waals surface area contributed by atoms with Crippen LogP contribution in [0.2, 0.25) is 0 Å². The Balaban J connectivity index is 1.19. The number of carbonyl (C=O) groups excluding carboxylic acids is 1. The van der Waals surface area contributed by atoms with Crippen molar-refractivity contribution in [2.24, 2.45) is 0 Å². The summed E-state index contributed by atoms with van der Waals surface area (Å²) < 4.78 is 1.60. The summed E-state index contributed by atoms with van der Waals surface area (Å²) in [6.45, 7) is 5.56. The Morgan fingerprint density at radius 1 is 1.14 bits per heavy atom. The first-order valence-corrected chi connectivity index (χ1v) is 12.2. The van der Waals surface area contributed by atoms with Crippen molar-refractivity contribution >= 4 is 11.8 Å². The lowest BCUT2D eigenvalue weighted by Crippen LogP contribution is -2.47. The molecule has 1 aromatic heterocycles. The van der Waals surface area contributed by atoms with E-state index in [0.29, 0.717) is 36.5 Å². The number of nitrogens with two attached hydrogens (primary N) is 1. The minimum atomic E-state index is -0.141. The zero-order chi connectivity index (χ0) is 24.6. The lowest BCUT2D eigenvalue weighted by molar-refractivity contribution is 0.186. The molecule has 2 amide bonds. The first kappa shape index (κ1) is 24.3. The van der Waals surface area contributed by atoms with Crippen molar-refractivity contribution in [2.45, 2.75) is 45.2 Å². The van der Waals surface area contributed by atoms with Crippen molar-refractivity contribution < 1.29 is 4.79 Å². The number of nitrogen functional groups attached to an aromatic ring is 1. The smallest absolute Gasteiger partial charge is 0.315 e. The molecule has 0 bridgehead atoms. The third-order valence-electron chi connectivity index (χ3n) is 6.56. The number of para-hydroxylation sites is 1. The molecule has 0 saturated carbocycles. The van der Waals surface area contributed by atoms with E-state index in [-0.39, 0.29) is 12.1 Å². The third kappa shape index (κ3) is 6.19. The van der Waals surface area contributed by atoms with Gasteiger partial charge in [0.2, 0.25) is 0 Å². The number of rotatable bonds is 8. The Morgan fingerprint density at radius 2 is 1.86 bits per heavy atom. The van der Waals surface area contributed by atoms with Gasteiger partial charge in [-0.05, 0) is 55.9 Å². The molecule has 35 heavy (non-hydrogen) atoms. The summed E-state index contributed by atoms with van der Waals surface area (Å²) in [5.41, 5.74) is 10.7. The van der Waals surface area contributed by atoms with Crippen LogP contribution in [-0.2, 0) is 13.0 Å². The minimum absolute atomic E-state index is 0.141. The maximum absolute atomic E-state index is 12.4. The van der Waals surface area contributed by atoms with Gasteiger partial charge in [-0.15, -0.1) is 0 Å². The molecule has 4 rings (SSSR count). The van der Waals surface area contributed by atoms with E-state index < -0.39 is 0 Å². The fourth-order valence-electron chi connectivity index (χ4n) is 4.50. The van der Waals surface area contributed by atoms with Gasteiger partial charge in [0.25, 0.3) is 0 Å². The molecule has 0 atom stereocenters. The number of hydrogen-bond acceptors (Lipinski definition) is 5. The summed E-state index contributed by atoms with van der Waals surface area (Å²) in [6.07, 6.45) is 3.12. The predicted octanol–water partition coefficient (Wildman–Crippen LogP) is 3.53. The summed E-state index contributed by atoms with van der Waals surface area (Å²) in [5, 5.41) is 20.1. The molecule has 1 fully saturated rings. The molecule has 1 aliphatic rings. The lowest BCUT2D eigenvalue weighted by atomic mass is 10.0. The molecule has 0 spiro atoms. The largest absolute Gasteiger partial charge is 0.382 e. The molecule has 1 aliphatic heterocycles. The van der Waals surface area contributed by atoms with Gasteiger partial charge in [-0.25, -0.2) is 9.48 Å². The van der Waals surface area contributed by atoms with Gasteiger partial charge in [-0.1, -0.05) is 42.5 Å². The zero-order valence-electron chi connectivity index (χ0n) is 20.2. The highest BCUT2D eigenvalue weighted by Crippen LogP contribution is 2.21. The normalized spacial score (nSPS) is 14.4. The average molecular weight is 472 g/mol. The monoisotopic (exact) mass is 471 g/mol. The number of aryl methyl sites for hydroxylation is 2. The summed E-state index contributed by atoms with van der Waals surface area (Å²) in [5.74, 6) is 0.341. The highest BCUT2D eigenvalue weighted by Gasteiger charge is 2.21. The molecule has 0 aliphatic carbocycles. The molecular formula is C27H33N7O. The number of amides is 2. The van der Waals surface area contributed by atoms with Gasteiger partial charge in [-0.2, -0.15) is 10.4 Å². The Morgan fingerprint density at radius 3 is 2.57 bits per heavy atom. The molecule has 4 N–H and O–H groups in total. The van der Waals surface area contributed by atoms with E-state index in [1.807, 2.05) is 30.3 Å². The van der Waals surface area contributed by atoms with E-state index in [0.717, 1.165) is 38.2 Å². The molecule has 2 aromatic carbocycles. The van der Waals surface area contributed by atoms with Crippen molar-refractivity contribution in [1.82, 2.24) is 25.3 Å². The fourth-order valence-corrected chi connectivity index (χ4v) is 4.50. The van der Waals surface area contributed by atoms with Crippen LogP contribution in [0.3, 0.4) is 0 Å². The lowest BCUT2D eigenvalue weighted by Gasteiger charge is -2.32. The number of hydrogen-bond donors (Lipinski definition) is 3. The van der Waals surface area contributed by atoms with Gasteiger partial charge >= 0.3 is 6.03 Å². The van der Waals surface area contributed by atoms with Crippen LogP contribution in [0.1, 0.15) is 41.6 Å². The first-order valence-electron chi connectivity index (χ1n) is 12.2. The topological polar surface area (TPSA) is 112 Å². The Kier molecular flexibility index (Phi) is 8.01. The Hall–Kier alpha value is -3.83. The van der Waals surface area contributed by atoms with E-state index in [9.17, 15) is 10.1 Å². The van der Waals surface area contributed by atoms with E-state index in [4.69, 9.17) is 5.73 Å². The van der Waals surface area contributed by atoms with Gasteiger partial charge < -0.3 is 16.4 Å². The highest BCUT2D eigenvalue weighted by molar-refractivity contribution is 5.74. The molecule has 8 heteroatoms. The van der Waals surface area contributed by atoms with E-state index in [1.165, 1.54) is 11.1 Å². The molecule has 2 heterocycles. The molecule has 1 saturated heterocycles. The van der Waals surface area contributed by atoms with Crippen molar-refractivity contribution in [2.75, 3.05) is 25.4 Å². The van der Waals surface area contributed by atoms with Crippen LogP contribution in [0.4, 0.5) is 10.6 Å². The number of piperidine rings is 1. The van der Waals surface area contributed by atoms with Crippen LogP contribution in [0.25, 0.3) is 5.69 Å². The number of carbonyl (C=O) groups is 1. The summed E-state index contributed by atoms with van der Waals surface area (Å²) in [4.78, 5) is 14.8. The number of nitrogens with zero attached hydrogens (tertiary/aromatic N) is 4. The number of benzene rings is 2. The average Bonchev–Trinajstić information content (AvgIpc) is 3.20. The maximum Gasteiger partial charge on any atom is 0.315 e. The quantitative estimate of drug-likeness (QED) is 0.435. The number of likely N-dealkylation sites (tertiary alicyclic amines) is 1. The van der Waals surface area contributed by atoms with Crippen LogP contribution in [0.5, 0.6) is 0 Å². The second kappa shape index (κ2) is 11.5. The van der Waals surface area contributed by atoms with Crippen molar-refractivity contribution in [3.63, 3.8) is 0 Å². The van der Waals surface area contributed by atoms with Crippen LogP contribution in [0, 0.1) is 18.3 Å². The van der Waals surface area contributed by atoms with Gasteiger partial charge in [0.15, 0.2) is 0 Å². The van der Waals surface area contributed by atoms with Gasteiger partial charge in [0.05, 0.1) is 11.4 Å². The van der Waals surface area contributed by atoms with Gasteiger partial charge in [0.1, 0.15) is 17.5 Å². The van der Waals surface area contributed by atoms with Crippen molar-refractivity contribution in [3.05, 3.63) is 77.0 Å². The molecule has 3 aromatic rings. The van der Waals surface area contributed by atoms with E-state index in [1.54, 1.807) is 4.68 Å². The summed E-state index contributed by atoms with van der Waals surface area (Å²) in [6, 6.07) is 20.2. The van der Waals surface area contributed by atoms with E-state index in [2.05, 4.69) is 57.9 Å². The summed E-state index contributed by atoms with van der Waals surface area (Å²) >= 11 is 0. The second-order valence-corrected chi connectivity index (χ2v) is 9.05. The Bertz CT molecular complexity index is 1170. The van der Waals surface area contributed by atoms with Gasteiger partial charge in [-0.3, -0.25) is 4.90 Å². The predicted molar refractivity (Wildman–Crippen MR) is 137 cm³/mol. The van der Waals surface area contributed by atoms with Crippen LogP contribution in [0.15, 0.2) is 54.6 Å². The number of nitriles is 1. The van der Waals surface area contributed by atoms with E-state index >= 15 is 0 Å². The molecular weight excluding hydrogens is 438 g/mol. The van der Waals surface area contributed by atoms with Crippen LogP contribution >= 0.6 is 0 Å². The first-order chi connectivity index (χ1) is 17.0. The summed E-state index contributed by atoms with van der Waals surface area (Å²) in [7, 11) is 0. The van der Waals surface area contributed by atoms with Crippen LogP contribution < -0.4 is 16.4 Å². The number of nitrogens with one attached hydrogen (secondary N) is 2. The number of aromatic nitrogens is 2. The SMILES string of the molecule is Cc1ccccc1CN1CCC(NC(=O)NCCCc2nn(-c3ccccc3)c(N)c2C#N)CC1. The number of anilines is 1. The van der Waals surface area contributed by atoms with Crippen molar-refractivity contribution in [3.8, 4) is 11.8 Å². The molecule has 182 valence electrons. The third-order valence-corrected chi connectivity index (χ3v) is 6.56. The molecule has 8 nitrogen and oxygen atoms in total. The van der Waals surface area contributed by atoms with Gasteiger partial charge in [0, 0.05) is 32.2 Å². The molecule has 0 unspecified atom stereocenters. The zero-order valence-corrected chi connectivity index (χ0v) is 20.2. The highest BCUT2D eigenvalue weighted by atomic mass is 16.2. The molecule has 0 radical (unpaired) electrons. The number of urea groups is 1. The van der Waals surface area contributed by atoms with Crippen LogP contribution in [-0.4, -0.2) is 46.4 Å². The Labute approximate surface area is 206 Å². The standard InChI is InChI=1S/C27H33N7O/c1-20-8-5-6-9-21(20)19-33-16-13-22(14-17-33)31-27(35)30-15-7-12-25-24(18-28)26(29)34(32-25)23-10-3-2-4-11-23/h2-6,8-11,22H,7,12-17,19,29H2,1H3,(H2,30,31,35).